The zero-order valence-corrected chi connectivity index (χ0v) is 10.9. The number of methoxy groups -OCH3 is 2. The van der Waals surface area contributed by atoms with Gasteiger partial charge in [-0.05, 0) is 18.2 Å². The number of nitrogen functional groups attached to an aromatic ring is 1. The number of benzene rings is 1. The van der Waals surface area contributed by atoms with Crippen LogP contribution in [0.4, 0.5) is 5.69 Å². The van der Waals surface area contributed by atoms with Crippen molar-refractivity contribution in [1.29, 1.82) is 5.26 Å². The van der Waals surface area contributed by atoms with E-state index in [-0.39, 0.29) is 0 Å². The molecule has 0 saturated carbocycles. The van der Waals surface area contributed by atoms with E-state index in [1.54, 1.807) is 14.2 Å². The number of thiophene rings is 1. The quantitative estimate of drug-likeness (QED) is 0.921. The van der Waals surface area contributed by atoms with Crippen molar-refractivity contribution >= 4 is 17.0 Å². The van der Waals surface area contributed by atoms with E-state index in [1.807, 2.05) is 23.6 Å². The third kappa shape index (κ3) is 1.98. The lowest BCUT2D eigenvalue weighted by Gasteiger charge is -2.10. The molecule has 1 aromatic carbocycles. The zero-order chi connectivity index (χ0) is 13.1. The van der Waals surface area contributed by atoms with Gasteiger partial charge in [-0.25, -0.2) is 0 Å². The average molecular weight is 260 g/mol. The largest absolute Gasteiger partial charge is 0.497 e. The van der Waals surface area contributed by atoms with Crippen LogP contribution >= 0.6 is 11.3 Å². The van der Waals surface area contributed by atoms with Crippen molar-refractivity contribution < 1.29 is 9.47 Å². The Morgan fingerprint density at radius 3 is 2.56 bits per heavy atom. The molecule has 18 heavy (non-hydrogen) atoms. The van der Waals surface area contributed by atoms with Crippen LogP contribution in [0.5, 0.6) is 11.5 Å². The molecule has 0 radical (unpaired) electrons. The highest BCUT2D eigenvalue weighted by Crippen LogP contribution is 2.40. The Balaban J connectivity index is 2.61. The van der Waals surface area contributed by atoms with Crippen molar-refractivity contribution in [3.63, 3.8) is 0 Å². The van der Waals surface area contributed by atoms with Gasteiger partial charge in [0.25, 0.3) is 0 Å². The van der Waals surface area contributed by atoms with Crippen molar-refractivity contribution in [1.82, 2.24) is 0 Å². The fourth-order valence-electron chi connectivity index (χ4n) is 1.69. The molecular formula is C13H12N2O2S. The molecule has 5 heteroatoms. The van der Waals surface area contributed by atoms with E-state index < -0.39 is 0 Å². The lowest BCUT2D eigenvalue weighted by Crippen LogP contribution is -1.93. The normalized spacial score (nSPS) is 9.83. The van der Waals surface area contributed by atoms with Crippen LogP contribution in [-0.2, 0) is 0 Å². The molecule has 0 saturated heterocycles. The highest BCUT2D eigenvalue weighted by atomic mass is 32.1. The standard InChI is InChI=1S/C13H12N2O2S/c1-16-8-3-4-11(17-2)9(5-8)10-7-18-12(6-14)13(10)15/h3-5,7H,15H2,1-2H3. The van der Waals surface area contributed by atoms with Crippen LogP contribution in [-0.4, -0.2) is 14.2 Å². The van der Waals surface area contributed by atoms with Crippen LogP contribution in [0, 0.1) is 11.3 Å². The first-order valence-electron chi connectivity index (χ1n) is 5.20. The summed E-state index contributed by atoms with van der Waals surface area (Å²) in [6.07, 6.45) is 0. The van der Waals surface area contributed by atoms with Gasteiger partial charge in [0, 0.05) is 16.5 Å². The molecule has 0 aliphatic rings. The van der Waals surface area contributed by atoms with E-state index in [0.717, 1.165) is 16.9 Å². The summed E-state index contributed by atoms with van der Waals surface area (Å²) >= 11 is 1.32. The zero-order valence-electron chi connectivity index (χ0n) is 10.1. The molecule has 0 unspecified atom stereocenters. The van der Waals surface area contributed by atoms with Gasteiger partial charge in [-0.15, -0.1) is 11.3 Å². The first kappa shape index (κ1) is 12.3. The number of hydrogen-bond acceptors (Lipinski definition) is 5. The highest BCUT2D eigenvalue weighted by Gasteiger charge is 2.14. The second kappa shape index (κ2) is 4.98. The molecule has 2 rings (SSSR count). The second-order valence-corrected chi connectivity index (χ2v) is 4.45. The van der Waals surface area contributed by atoms with Crippen LogP contribution in [0.15, 0.2) is 23.6 Å². The highest BCUT2D eigenvalue weighted by molar-refractivity contribution is 7.11. The van der Waals surface area contributed by atoms with Gasteiger partial charge in [-0.2, -0.15) is 5.26 Å². The molecular weight excluding hydrogens is 248 g/mol. The van der Waals surface area contributed by atoms with Gasteiger partial charge >= 0.3 is 0 Å². The van der Waals surface area contributed by atoms with E-state index in [2.05, 4.69) is 6.07 Å². The first-order valence-corrected chi connectivity index (χ1v) is 6.08. The number of anilines is 1. The summed E-state index contributed by atoms with van der Waals surface area (Å²) in [6.45, 7) is 0. The number of rotatable bonds is 3. The van der Waals surface area contributed by atoms with E-state index in [0.29, 0.717) is 16.3 Å². The monoisotopic (exact) mass is 260 g/mol. The molecule has 0 fully saturated rings. The molecule has 0 aliphatic carbocycles. The van der Waals surface area contributed by atoms with E-state index in [1.165, 1.54) is 11.3 Å². The van der Waals surface area contributed by atoms with Gasteiger partial charge in [0.1, 0.15) is 22.4 Å². The van der Waals surface area contributed by atoms with Crippen molar-refractivity contribution in [3.8, 4) is 28.7 Å². The molecule has 4 nitrogen and oxygen atoms in total. The summed E-state index contributed by atoms with van der Waals surface area (Å²) in [5.41, 5.74) is 8.06. The maximum Gasteiger partial charge on any atom is 0.128 e. The van der Waals surface area contributed by atoms with Crippen LogP contribution in [0.2, 0.25) is 0 Å². The SMILES string of the molecule is COc1ccc(OC)c(-c2csc(C#N)c2N)c1. The number of nitrogens with zero attached hydrogens (tertiary/aromatic N) is 1. The Kier molecular flexibility index (Phi) is 3.40. The summed E-state index contributed by atoms with van der Waals surface area (Å²) in [4.78, 5) is 0.509. The van der Waals surface area contributed by atoms with Gasteiger partial charge in [0.15, 0.2) is 0 Å². The van der Waals surface area contributed by atoms with Crippen LogP contribution in [0.3, 0.4) is 0 Å². The summed E-state index contributed by atoms with van der Waals surface area (Å²) in [7, 11) is 3.20. The Bertz CT molecular complexity index is 614. The van der Waals surface area contributed by atoms with E-state index in [4.69, 9.17) is 20.5 Å². The molecule has 0 aliphatic heterocycles. The summed E-state index contributed by atoms with van der Waals surface area (Å²) in [6, 6.07) is 7.55. The molecule has 0 bridgehead atoms. The van der Waals surface area contributed by atoms with Gasteiger partial charge in [-0.1, -0.05) is 0 Å². The van der Waals surface area contributed by atoms with Crippen LogP contribution in [0.25, 0.3) is 11.1 Å². The maximum absolute atomic E-state index is 8.93. The Hall–Kier alpha value is -2.19. The minimum absolute atomic E-state index is 0.481. The number of nitrogens with two attached hydrogens (primary N) is 1. The van der Waals surface area contributed by atoms with Crippen molar-refractivity contribution in [2.45, 2.75) is 0 Å². The molecule has 92 valence electrons. The van der Waals surface area contributed by atoms with Crippen LogP contribution in [0.1, 0.15) is 4.88 Å². The average Bonchev–Trinajstić information content (AvgIpc) is 2.78. The maximum atomic E-state index is 8.93. The molecule has 1 aromatic heterocycles. The predicted molar refractivity (Wildman–Crippen MR) is 72.0 cm³/mol. The molecule has 0 amide bonds. The summed E-state index contributed by atoms with van der Waals surface area (Å²) < 4.78 is 10.5. The Labute approximate surface area is 109 Å². The minimum Gasteiger partial charge on any atom is -0.497 e. The Morgan fingerprint density at radius 1 is 1.22 bits per heavy atom. The molecule has 2 aromatic rings. The van der Waals surface area contributed by atoms with Gasteiger partial charge in [0.2, 0.25) is 0 Å². The minimum atomic E-state index is 0.481. The molecule has 2 N–H and O–H groups in total. The number of hydrogen-bond donors (Lipinski definition) is 1. The molecule has 0 spiro atoms. The van der Waals surface area contributed by atoms with Crippen molar-refractivity contribution in [2.75, 3.05) is 20.0 Å². The topological polar surface area (TPSA) is 68.3 Å². The third-order valence-corrected chi connectivity index (χ3v) is 3.53. The smallest absolute Gasteiger partial charge is 0.128 e. The van der Waals surface area contributed by atoms with Gasteiger partial charge in [-0.3, -0.25) is 0 Å². The number of ether oxygens (including phenoxy) is 2. The fraction of sp³-hybridized carbons (Fsp3) is 0.154. The fourth-order valence-corrected chi connectivity index (χ4v) is 2.47. The second-order valence-electron chi connectivity index (χ2n) is 3.57. The molecule has 0 atom stereocenters. The van der Waals surface area contributed by atoms with E-state index in [9.17, 15) is 0 Å². The third-order valence-electron chi connectivity index (χ3n) is 2.63. The lowest BCUT2D eigenvalue weighted by molar-refractivity contribution is 0.404. The summed E-state index contributed by atoms with van der Waals surface area (Å²) in [5.74, 6) is 1.42. The first-order chi connectivity index (χ1) is 8.71. The van der Waals surface area contributed by atoms with Crippen molar-refractivity contribution in [3.05, 3.63) is 28.5 Å². The van der Waals surface area contributed by atoms with Crippen molar-refractivity contribution in [2.24, 2.45) is 0 Å². The lowest BCUT2D eigenvalue weighted by atomic mass is 10.1. The van der Waals surface area contributed by atoms with Gasteiger partial charge < -0.3 is 15.2 Å². The van der Waals surface area contributed by atoms with E-state index >= 15 is 0 Å². The molecule has 1 heterocycles. The van der Waals surface area contributed by atoms with Crippen LogP contribution < -0.4 is 15.2 Å². The summed E-state index contributed by atoms with van der Waals surface area (Å²) in [5, 5.41) is 10.8. The van der Waals surface area contributed by atoms with Gasteiger partial charge in [0.05, 0.1) is 19.9 Å². The number of nitriles is 1. The predicted octanol–water partition coefficient (Wildman–Crippen LogP) is 2.89. The Morgan fingerprint density at radius 2 is 2.00 bits per heavy atom.